The van der Waals surface area contributed by atoms with Gasteiger partial charge in [-0.2, -0.15) is 0 Å². The van der Waals surface area contributed by atoms with Crippen molar-refractivity contribution >= 4 is 35.0 Å². The van der Waals surface area contributed by atoms with E-state index in [0.717, 1.165) is 0 Å². The van der Waals surface area contributed by atoms with Crippen molar-refractivity contribution in [3.05, 3.63) is 52.0 Å². The third-order valence-corrected chi connectivity index (χ3v) is 5.48. The Hall–Kier alpha value is -2.64. The van der Waals surface area contributed by atoms with Crippen LogP contribution in [-0.4, -0.2) is 50.1 Å². The van der Waals surface area contributed by atoms with Crippen molar-refractivity contribution < 1.29 is 23.8 Å². The van der Waals surface area contributed by atoms with Crippen molar-refractivity contribution in [1.29, 1.82) is 0 Å². The molecule has 7 nitrogen and oxygen atoms in total. The predicted octanol–water partition coefficient (Wildman–Crippen LogP) is 4.58. The van der Waals surface area contributed by atoms with Gasteiger partial charge in [0.15, 0.2) is 6.61 Å². The maximum absolute atomic E-state index is 13.2. The van der Waals surface area contributed by atoms with Gasteiger partial charge in [-0.1, -0.05) is 43.1 Å². The number of nitrogens with one attached hydrogen (secondary N) is 1. The highest BCUT2D eigenvalue weighted by Crippen LogP contribution is 2.28. The van der Waals surface area contributed by atoms with Crippen LogP contribution in [-0.2, 0) is 16.1 Å². The normalized spacial score (nSPS) is 11.6. The first-order valence-electron chi connectivity index (χ1n) is 10.5. The molecule has 2 aromatic rings. The highest BCUT2D eigenvalue weighted by Gasteiger charge is 2.27. The number of methoxy groups -OCH3 is 2. The minimum Gasteiger partial charge on any atom is -0.496 e. The average molecular weight is 497 g/mol. The number of nitrogens with zero attached hydrogens (tertiary/aromatic N) is 1. The minimum atomic E-state index is -0.744. The molecule has 1 N–H and O–H groups in total. The summed E-state index contributed by atoms with van der Waals surface area (Å²) >= 11 is 12.3. The summed E-state index contributed by atoms with van der Waals surface area (Å²) in [7, 11) is 3.05. The van der Waals surface area contributed by atoms with Gasteiger partial charge in [-0.25, -0.2) is 0 Å². The van der Waals surface area contributed by atoms with Gasteiger partial charge in [-0.3, -0.25) is 9.59 Å². The first kappa shape index (κ1) is 26.6. The van der Waals surface area contributed by atoms with E-state index in [2.05, 4.69) is 5.32 Å². The summed E-state index contributed by atoms with van der Waals surface area (Å²) in [5, 5.41) is 3.77. The molecule has 0 fully saturated rings. The van der Waals surface area contributed by atoms with Gasteiger partial charge < -0.3 is 24.4 Å². The second kappa shape index (κ2) is 12.6. The van der Waals surface area contributed by atoms with E-state index < -0.39 is 6.04 Å². The molecule has 0 aromatic heterocycles. The van der Waals surface area contributed by atoms with Crippen LogP contribution in [0.4, 0.5) is 0 Å². The number of hydrogen-bond acceptors (Lipinski definition) is 5. The quantitative estimate of drug-likeness (QED) is 0.492. The highest BCUT2D eigenvalue weighted by molar-refractivity contribution is 6.35. The van der Waals surface area contributed by atoms with E-state index in [0.29, 0.717) is 39.4 Å². The molecule has 0 spiro atoms. The highest BCUT2D eigenvalue weighted by atomic mass is 35.5. The molecule has 9 heteroatoms. The molecule has 0 bridgehead atoms. The Morgan fingerprint density at radius 3 is 2.12 bits per heavy atom. The van der Waals surface area contributed by atoms with Crippen molar-refractivity contribution in [1.82, 2.24) is 10.2 Å². The van der Waals surface area contributed by atoms with Gasteiger partial charge in [0.1, 0.15) is 23.3 Å². The molecule has 180 valence electrons. The molecule has 0 heterocycles. The number of hydrogen-bond donors (Lipinski definition) is 1. The van der Waals surface area contributed by atoms with Crippen molar-refractivity contribution in [2.75, 3.05) is 27.4 Å². The summed E-state index contributed by atoms with van der Waals surface area (Å²) in [5.41, 5.74) is 0.668. The number of halogens is 2. The minimum absolute atomic E-state index is 0.121. The van der Waals surface area contributed by atoms with Crippen LogP contribution in [0.15, 0.2) is 36.4 Å². The van der Waals surface area contributed by atoms with E-state index in [9.17, 15) is 9.59 Å². The Kier molecular flexibility index (Phi) is 10.1. The van der Waals surface area contributed by atoms with E-state index in [1.54, 1.807) is 43.3 Å². The third-order valence-electron chi connectivity index (χ3n) is 4.89. The van der Waals surface area contributed by atoms with Crippen LogP contribution in [0, 0.1) is 5.92 Å². The van der Waals surface area contributed by atoms with Gasteiger partial charge in [-0.15, -0.1) is 0 Å². The fourth-order valence-corrected chi connectivity index (χ4v) is 3.43. The maximum Gasteiger partial charge on any atom is 0.261 e. The average Bonchev–Trinajstić information content (AvgIpc) is 2.79. The molecule has 0 aliphatic heterocycles. The number of carbonyl (C=O) groups excluding carboxylic acids is 2. The summed E-state index contributed by atoms with van der Waals surface area (Å²) in [6, 6.07) is 9.27. The lowest BCUT2D eigenvalue weighted by Crippen LogP contribution is -2.49. The molecule has 0 saturated heterocycles. The molecule has 1 atom stereocenters. The van der Waals surface area contributed by atoms with Crippen LogP contribution >= 0.6 is 23.2 Å². The molecule has 0 aliphatic rings. The zero-order chi connectivity index (χ0) is 24.5. The topological polar surface area (TPSA) is 77.1 Å². The predicted molar refractivity (Wildman–Crippen MR) is 129 cm³/mol. The van der Waals surface area contributed by atoms with Crippen LogP contribution in [0.5, 0.6) is 17.2 Å². The van der Waals surface area contributed by atoms with Gasteiger partial charge in [0, 0.05) is 41.3 Å². The Morgan fingerprint density at radius 2 is 1.58 bits per heavy atom. The summed E-state index contributed by atoms with van der Waals surface area (Å²) in [6.45, 7) is 6.01. The molecular formula is C24H30Cl2N2O5. The van der Waals surface area contributed by atoms with Gasteiger partial charge in [0.05, 0.1) is 14.2 Å². The van der Waals surface area contributed by atoms with Crippen molar-refractivity contribution in [2.24, 2.45) is 5.92 Å². The van der Waals surface area contributed by atoms with Crippen LogP contribution in [0.3, 0.4) is 0 Å². The van der Waals surface area contributed by atoms with E-state index in [4.69, 9.17) is 37.4 Å². The molecule has 2 amide bonds. The number of carbonyl (C=O) groups is 2. The molecular weight excluding hydrogens is 467 g/mol. The van der Waals surface area contributed by atoms with Gasteiger partial charge in [-0.05, 0) is 30.5 Å². The van der Waals surface area contributed by atoms with Crippen molar-refractivity contribution in [3.8, 4) is 17.2 Å². The fraction of sp³-hybridized carbons (Fsp3) is 0.417. The third kappa shape index (κ3) is 8.02. The largest absolute Gasteiger partial charge is 0.496 e. The zero-order valence-corrected chi connectivity index (χ0v) is 21.0. The SMILES string of the molecule is COc1cc(OC)cc(OCC(=O)N(Cc2ccc(Cl)cc2Cl)[C@H](C)C(=O)NCC(C)C)c1. The first-order valence-corrected chi connectivity index (χ1v) is 11.3. The van der Waals surface area contributed by atoms with Gasteiger partial charge in [0.2, 0.25) is 5.91 Å². The van der Waals surface area contributed by atoms with E-state index in [1.807, 2.05) is 13.8 Å². The lowest BCUT2D eigenvalue weighted by Gasteiger charge is -2.29. The fourth-order valence-electron chi connectivity index (χ4n) is 2.96. The molecule has 0 unspecified atom stereocenters. The lowest BCUT2D eigenvalue weighted by molar-refractivity contribution is -0.142. The second-order valence-corrected chi connectivity index (χ2v) is 8.75. The van der Waals surface area contributed by atoms with E-state index in [-0.39, 0.29) is 30.9 Å². The monoisotopic (exact) mass is 496 g/mol. The lowest BCUT2D eigenvalue weighted by atomic mass is 10.1. The Balaban J connectivity index is 2.22. The Morgan fingerprint density at radius 1 is 0.970 bits per heavy atom. The zero-order valence-electron chi connectivity index (χ0n) is 19.5. The molecule has 0 radical (unpaired) electrons. The van der Waals surface area contributed by atoms with Crippen molar-refractivity contribution in [2.45, 2.75) is 33.4 Å². The molecule has 0 saturated carbocycles. The standard InChI is InChI=1S/C24H30Cl2N2O5/c1-15(2)12-27-24(30)16(3)28(13-17-6-7-18(25)8-22(17)26)23(29)14-33-21-10-19(31-4)9-20(11-21)32-5/h6-11,15-16H,12-14H2,1-5H3,(H,27,30)/t16-/m1/s1. The molecule has 0 aliphatic carbocycles. The number of rotatable bonds is 11. The Bertz CT molecular complexity index is 946. The molecule has 2 aromatic carbocycles. The summed E-state index contributed by atoms with van der Waals surface area (Å²) < 4.78 is 16.2. The summed E-state index contributed by atoms with van der Waals surface area (Å²) in [4.78, 5) is 27.3. The van der Waals surface area contributed by atoms with E-state index in [1.165, 1.54) is 19.1 Å². The van der Waals surface area contributed by atoms with Gasteiger partial charge >= 0.3 is 0 Å². The van der Waals surface area contributed by atoms with Crippen LogP contribution in [0.1, 0.15) is 26.3 Å². The number of ether oxygens (including phenoxy) is 3. The Labute approximate surface area is 204 Å². The van der Waals surface area contributed by atoms with Gasteiger partial charge in [0.25, 0.3) is 5.91 Å². The number of benzene rings is 2. The second-order valence-electron chi connectivity index (χ2n) is 7.91. The van der Waals surface area contributed by atoms with Crippen molar-refractivity contribution in [3.63, 3.8) is 0 Å². The van der Waals surface area contributed by atoms with E-state index >= 15 is 0 Å². The van der Waals surface area contributed by atoms with Crippen LogP contribution in [0.25, 0.3) is 0 Å². The van der Waals surface area contributed by atoms with Crippen LogP contribution in [0.2, 0.25) is 10.0 Å². The number of amides is 2. The molecule has 33 heavy (non-hydrogen) atoms. The summed E-state index contributed by atoms with van der Waals surface area (Å²) in [6.07, 6.45) is 0. The van der Waals surface area contributed by atoms with Crippen LogP contribution < -0.4 is 19.5 Å². The molecule has 2 rings (SSSR count). The maximum atomic E-state index is 13.2. The smallest absolute Gasteiger partial charge is 0.261 e. The first-order chi connectivity index (χ1) is 15.6. The summed E-state index contributed by atoms with van der Waals surface area (Å²) in [5.74, 6) is 1.11.